The summed E-state index contributed by atoms with van der Waals surface area (Å²) in [5, 5.41) is 0.107. The number of para-hydroxylation sites is 1. The van der Waals surface area contributed by atoms with Crippen LogP contribution in [0.15, 0.2) is 63.8 Å². The Labute approximate surface area is 145 Å². The van der Waals surface area contributed by atoms with Gasteiger partial charge in [-0.3, -0.25) is 4.79 Å². The summed E-state index contributed by atoms with van der Waals surface area (Å²) in [5.74, 6) is -0.991. The van der Waals surface area contributed by atoms with E-state index in [0.29, 0.717) is 5.56 Å². The molecule has 1 aromatic heterocycles. The Morgan fingerprint density at radius 1 is 0.962 bits per heavy atom. The topological polar surface area (TPSA) is 73.6 Å². The molecule has 136 valence electrons. The van der Waals surface area contributed by atoms with Gasteiger partial charge in [0.25, 0.3) is 0 Å². The third kappa shape index (κ3) is 3.43. The Morgan fingerprint density at radius 3 is 2.23 bits per heavy atom. The molecule has 0 saturated carbocycles. The largest absolute Gasteiger partial charge is 0.534 e. The van der Waals surface area contributed by atoms with Crippen LogP contribution in [0.5, 0.6) is 5.95 Å². The van der Waals surface area contributed by atoms with Gasteiger partial charge in [-0.2, -0.15) is 21.6 Å². The van der Waals surface area contributed by atoms with Gasteiger partial charge >= 0.3 is 21.6 Å². The van der Waals surface area contributed by atoms with Crippen molar-refractivity contribution in [3.05, 3.63) is 75.9 Å². The minimum absolute atomic E-state index is 0.0818. The van der Waals surface area contributed by atoms with Crippen molar-refractivity contribution in [2.45, 2.75) is 11.9 Å². The van der Waals surface area contributed by atoms with E-state index in [0.717, 1.165) is 0 Å². The van der Waals surface area contributed by atoms with Crippen LogP contribution in [-0.2, 0) is 16.5 Å². The van der Waals surface area contributed by atoms with Gasteiger partial charge in [0.05, 0.1) is 10.9 Å². The van der Waals surface area contributed by atoms with Crippen LogP contribution >= 0.6 is 0 Å². The molecule has 3 rings (SSSR count). The van der Waals surface area contributed by atoms with Crippen molar-refractivity contribution in [3.63, 3.8) is 0 Å². The molecule has 0 saturated heterocycles. The molecule has 0 unspecified atom stereocenters. The summed E-state index contributed by atoms with van der Waals surface area (Å²) >= 11 is 0. The lowest BCUT2D eigenvalue weighted by Crippen LogP contribution is -2.29. The van der Waals surface area contributed by atoms with Crippen LogP contribution in [0.3, 0.4) is 0 Å². The second-order valence-corrected chi connectivity index (χ2v) is 6.88. The molecule has 0 amide bonds. The number of hydrogen-bond acceptors (Lipinski definition) is 5. The zero-order chi connectivity index (χ0) is 18.9. The van der Waals surface area contributed by atoms with Crippen molar-refractivity contribution in [1.29, 1.82) is 0 Å². The predicted molar refractivity (Wildman–Crippen MR) is 87.3 cm³/mol. The maximum absolute atomic E-state index is 12.7. The molecule has 0 bridgehead atoms. The molecule has 2 aromatic carbocycles. The summed E-state index contributed by atoms with van der Waals surface area (Å²) < 4.78 is 70.0. The number of alkyl halides is 3. The van der Waals surface area contributed by atoms with E-state index in [2.05, 4.69) is 4.18 Å². The van der Waals surface area contributed by atoms with Gasteiger partial charge in [0.15, 0.2) is 5.43 Å². The Kier molecular flexibility index (Phi) is 4.49. The summed E-state index contributed by atoms with van der Waals surface area (Å²) in [6.07, 6.45) is -0.156. The molecule has 3 aromatic rings. The molecule has 26 heavy (non-hydrogen) atoms. The van der Waals surface area contributed by atoms with Gasteiger partial charge in [-0.1, -0.05) is 42.5 Å². The van der Waals surface area contributed by atoms with Gasteiger partial charge in [-0.15, -0.1) is 0 Å². The van der Waals surface area contributed by atoms with Crippen molar-refractivity contribution >= 4 is 21.1 Å². The highest BCUT2D eigenvalue weighted by Gasteiger charge is 2.49. The first kappa shape index (κ1) is 18.0. The Balaban J connectivity index is 2.20. The molecule has 0 aliphatic heterocycles. The summed E-state index contributed by atoms with van der Waals surface area (Å²) in [7, 11) is -5.98. The minimum atomic E-state index is -5.98. The molecule has 0 aliphatic carbocycles. The number of fused-ring (bicyclic) bond motifs is 1. The van der Waals surface area contributed by atoms with Crippen molar-refractivity contribution in [3.8, 4) is 5.95 Å². The fourth-order valence-corrected chi connectivity index (χ4v) is 2.75. The monoisotopic (exact) mass is 384 g/mol. The van der Waals surface area contributed by atoms with Gasteiger partial charge in [-0.05, 0) is 17.7 Å². The minimum Gasteiger partial charge on any atom is -0.424 e. The van der Waals surface area contributed by atoms with Crippen molar-refractivity contribution in [2.24, 2.45) is 0 Å². The fraction of sp³-hybridized carbons (Fsp3) is 0.118. The van der Waals surface area contributed by atoms with Crippen LogP contribution in [0.25, 0.3) is 11.0 Å². The lowest BCUT2D eigenvalue weighted by atomic mass is 10.0. The second kappa shape index (κ2) is 6.49. The van der Waals surface area contributed by atoms with E-state index in [1.165, 1.54) is 18.2 Å². The van der Waals surface area contributed by atoms with Crippen molar-refractivity contribution < 1.29 is 30.2 Å². The Hall–Kier alpha value is -2.81. The third-order valence-corrected chi connectivity index (χ3v) is 4.49. The first-order valence-corrected chi connectivity index (χ1v) is 8.69. The van der Waals surface area contributed by atoms with E-state index >= 15 is 0 Å². The summed E-state index contributed by atoms with van der Waals surface area (Å²) in [4.78, 5) is 12.7. The molecule has 9 heteroatoms. The lowest BCUT2D eigenvalue weighted by molar-refractivity contribution is -0.0506. The van der Waals surface area contributed by atoms with E-state index in [1.54, 1.807) is 36.4 Å². The normalized spacial score (nSPS) is 12.3. The van der Waals surface area contributed by atoms with Gasteiger partial charge < -0.3 is 8.60 Å². The molecule has 0 aliphatic rings. The Morgan fingerprint density at radius 2 is 1.58 bits per heavy atom. The molecule has 0 atom stereocenters. The quantitative estimate of drug-likeness (QED) is 0.508. The smallest absolute Gasteiger partial charge is 0.424 e. The fourth-order valence-electron chi connectivity index (χ4n) is 2.33. The number of halogens is 3. The molecular formula is C17H11F3O5S. The zero-order valence-corrected chi connectivity index (χ0v) is 13.8. The first-order chi connectivity index (χ1) is 12.2. The molecule has 1 heterocycles. The standard InChI is InChI=1S/C17H11F3O5S/c18-17(19,20)26(22,23)25-16-13(10-11-6-2-1-3-7-11)15(21)12-8-4-5-9-14(12)24-16/h1-9H,10H2. The summed E-state index contributed by atoms with van der Waals surface area (Å²) in [6, 6.07) is 14.1. The maximum atomic E-state index is 12.7. The number of hydrogen-bond donors (Lipinski definition) is 0. The van der Waals surface area contributed by atoms with Crippen LogP contribution in [0, 0.1) is 0 Å². The molecule has 0 fully saturated rings. The van der Waals surface area contributed by atoms with Gasteiger partial charge in [0, 0.05) is 6.42 Å². The van der Waals surface area contributed by atoms with Crippen LogP contribution in [-0.4, -0.2) is 13.9 Å². The lowest BCUT2D eigenvalue weighted by Gasteiger charge is -2.12. The van der Waals surface area contributed by atoms with Crippen molar-refractivity contribution in [2.75, 3.05) is 0 Å². The highest BCUT2D eigenvalue weighted by Crippen LogP contribution is 2.30. The summed E-state index contributed by atoms with van der Waals surface area (Å²) in [5.41, 5.74) is -6.14. The van der Waals surface area contributed by atoms with E-state index in [-0.39, 0.29) is 23.0 Å². The molecule has 5 nitrogen and oxygen atoms in total. The Bertz CT molecular complexity index is 1100. The van der Waals surface area contributed by atoms with Gasteiger partial charge in [-0.25, -0.2) is 0 Å². The van der Waals surface area contributed by atoms with Crippen LogP contribution in [0.2, 0.25) is 0 Å². The number of rotatable bonds is 4. The van der Waals surface area contributed by atoms with Gasteiger partial charge in [0.2, 0.25) is 0 Å². The van der Waals surface area contributed by atoms with Crippen LogP contribution in [0.4, 0.5) is 13.2 Å². The van der Waals surface area contributed by atoms with E-state index in [9.17, 15) is 26.4 Å². The molecule has 0 N–H and O–H groups in total. The van der Waals surface area contributed by atoms with Gasteiger partial charge in [0.1, 0.15) is 5.58 Å². The van der Waals surface area contributed by atoms with Crippen LogP contribution < -0.4 is 9.61 Å². The molecular weight excluding hydrogens is 373 g/mol. The van der Waals surface area contributed by atoms with E-state index in [1.807, 2.05) is 0 Å². The average molecular weight is 384 g/mol. The maximum Gasteiger partial charge on any atom is 0.534 e. The SMILES string of the molecule is O=c1c(Cc2ccccc2)c(OS(=O)(=O)C(F)(F)F)oc2ccccc12. The average Bonchev–Trinajstić information content (AvgIpc) is 2.58. The highest BCUT2D eigenvalue weighted by atomic mass is 32.2. The number of benzene rings is 2. The molecule has 0 spiro atoms. The summed E-state index contributed by atoms with van der Waals surface area (Å²) in [6.45, 7) is 0. The molecule has 0 radical (unpaired) electrons. The van der Waals surface area contributed by atoms with Crippen molar-refractivity contribution in [1.82, 2.24) is 0 Å². The second-order valence-electron chi connectivity index (χ2n) is 5.34. The highest BCUT2D eigenvalue weighted by molar-refractivity contribution is 7.87. The van der Waals surface area contributed by atoms with E-state index < -0.39 is 27.0 Å². The van der Waals surface area contributed by atoms with E-state index in [4.69, 9.17) is 4.42 Å². The zero-order valence-electron chi connectivity index (χ0n) is 13.0. The first-order valence-electron chi connectivity index (χ1n) is 7.28. The van der Waals surface area contributed by atoms with Crippen LogP contribution in [0.1, 0.15) is 11.1 Å². The predicted octanol–water partition coefficient (Wildman–Crippen LogP) is 3.61. The third-order valence-electron chi connectivity index (χ3n) is 3.55.